The van der Waals surface area contributed by atoms with Gasteiger partial charge in [-0.3, -0.25) is 4.57 Å². The first kappa shape index (κ1) is 8.39. The van der Waals surface area contributed by atoms with Gasteiger partial charge in [-0.15, -0.1) is 10.2 Å². The SMILES string of the molecule is CNc1nnc(CSC)n1C. The van der Waals surface area contributed by atoms with Crippen LogP contribution in [0.1, 0.15) is 5.82 Å². The Morgan fingerprint density at radius 1 is 1.55 bits per heavy atom. The summed E-state index contributed by atoms with van der Waals surface area (Å²) in [5, 5.41) is 10.9. The smallest absolute Gasteiger partial charge is 0.224 e. The third-order valence-electron chi connectivity index (χ3n) is 1.46. The minimum absolute atomic E-state index is 0.814. The third-order valence-corrected chi connectivity index (χ3v) is 2.01. The van der Waals surface area contributed by atoms with Gasteiger partial charge >= 0.3 is 0 Å². The fourth-order valence-electron chi connectivity index (χ4n) is 0.834. The zero-order valence-electron chi connectivity index (χ0n) is 6.96. The first-order valence-electron chi connectivity index (χ1n) is 3.34. The van der Waals surface area contributed by atoms with Crippen LogP contribution in [0, 0.1) is 0 Å². The van der Waals surface area contributed by atoms with E-state index >= 15 is 0 Å². The van der Waals surface area contributed by atoms with Gasteiger partial charge in [-0.1, -0.05) is 0 Å². The minimum atomic E-state index is 0.814. The number of nitrogens with one attached hydrogen (secondary N) is 1. The van der Waals surface area contributed by atoms with Crippen molar-refractivity contribution >= 4 is 17.7 Å². The summed E-state index contributed by atoms with van der Waals surface area (Å²) in [4.78, 5) is 0. The van der Waals surface area contributed by atoms with Crippen LogP contribution in [0.3, 0.4) is 0 Å². The van der Waals surface area contributed by atoms with Crippen LogP contribution in [0.25, 0.3) is 0 Å². The third kappa shape index (κ3) is 1.65. The topological polar surface area (TPSA) is 42.7 Å². The first-order chi connectivity index (χ1) is 5.29. The Morgan fingerprint density at radius 2 is 2.27 bits per heavy atom. The molecule has 0 spiro atoms. The molecule has 1 N–H and O–H groups in total. The molecule has 0 aliphatic heterocycles. The van der Waals surface area contributed by atoms with Crippen LogP contribution < -0.4 is 5.32 Å². The fourth-order valence-corrected chi connectivity index (χ4v) is 1.34. The fraction of sp³-hybridized carbons (Fsp3) is 0.667. The van der Waals surface area contributed by atoms with Crippen LogP contribution in [0.4, 0.5) is 5.95 Å². The minimum Gasteiger partial charge on any atom is -0.357 e. The second-order valence-electron chi connectivity index (χ2n) is 2.18. The Balaban J connectivity index is 2.82. The molecule has 1 aromatic rings. The number of rotatable bonds is 3. The van der Waals surface area contributed by atoms with Gasteiger partial charge in [0.2, 0.25) is 5.95 Å². The maximum Gasteiger partial charge on any atom is 0.224 e. The van der Waals surface area contributed by atoms with E-state index in [2.05, 4.69) is 15.5 Å². The molecule has 0 aliphatic carbocycles. The van der Waals surface area contributed by atoms with Crippen molar-refractivity contribution in [2.24, 2.45) is 7.05 Å². The van der Waals surface area contributed by atoms with E-state index in [1.807, 2.05) is 24.9 Å². The molecule has 4 nitrogen and oxygen atoms in total. The van der Waals surface area contributed by atoms with Crippen molar-refractivity contribution < 1.29 is 0 Å². The van der Waals surface area contributed by atoms with Gasteiger partial charge in [-0.25, -0.2) is 0 Å². The molecule has 0 aromatic carbocycles. The van der Waals surface area contributed by atoms with E-state index in [4.69, 9.17) is 0 Å². The van der Waals surface area contributed by atoms with Gasteiger partial charge in [-0.05, 0) is 6.26 Å². The van der Waals surface area contributed by atoms with Gasteiger partial charge in [-0.2, -0.15) is 11.8 Å². The molecule has 0 aliphatic rings. The average Bonchev–Trinajstić information content (AvgIpc) is 2.34. The highest BCUT2D eigenvalue weighted by Crippen LogP contribution is 2.09. The highest BCUT2D eigenvalue weighted by atomic mass is 32.2. The van der Waals surface area contributed by atoms with Gasteiger partial charge in [0.05, 0.1) is 5.75 Å². The summed E-state index contributed by atoms with van der Waals surface area (Å²) in [7, 11) is 3.80. The molecule has 0 saturated heterocycles. The zero-order valence-corrected chi connectivity index (χ0v) is 7.77. The van der Waals surface area contributed by atoms with Gasteiger partial charge in [0.25, 0.3) is 0 Å². The normalized spacial score (nSPS) is 10.1. The summed E-state index contributed by atoms with van der Waals surface area (Å²) >= 11 is 1.74. The molecule has 0 atom stereocenters. The largest absolute Gasteiger partial charge is 0.357 e. The molecule has 0 saturated carbocycles. The average molecular weight is 172 g/mol. The van der Waals surface area contributed by atoms with E-state index in [-0.39, 0.29) is 0 Å². The van der Waals surface area contributed by atoms with Gasteiger partial charge in [0.1, 0.15) is 5.82 Å². The lowest BCUT2D eigenvalue weighted by Gasteiger charge is -2.00. The Bertz CT molecular complexity index is 232. The molecular formula is C6H12N4S. The maximum atomic E-state index is 4.01. The molecule has 1 rings (SSSR count). The molecule has 0 bridgehead atoms. The van der Waals surface area contributed by atoms with Crippen molar-refractivity contribution in [1.29, 1.82) is 0 Å². The number of anilines is 1. The molecule has 1 heterocycles. The van der Waals surface area contributed by atoms with Gasteiger partial charge in [0, 0.05) is 14.1 Å². The number of hydrogen-bond acceptors (Lipinski definition) is 4. The lowest BCUT2D eigenvalue weighted by Crippen LogP contribution is -2.01. The zero-order chi connectivity index (χ0) is 8.27. The van der Waals surface area contributed by atoms with E-state index < -0.39 is 0 Å². The summed E-state index contributed by atoms with van der Waals surface area (Å²) in [6, 6.07) is 0. The summed E-state index contributed by atoms with van der Waals surface area (Å²) in [5.41, 5.74) is 0. The Labute approximate surface area is 70.4 Å². The van der Waals surface area contributed by atoms with Crippen LogP contribution in [0.5, 0.6) is 0 Å². The second-order valence-corrected chi connectivity index (χ2v) is 3.05. The van der Waals surface area contributed by atoms with Crippen molar-refractivity contribution in [2.45, 2.75) is 5.75 Å². The lowest BCUT2D eigenvalue weighted by atomic mass is 10.7. The highest BCUT2D eigenvalue weighted by molar-refractivity contribution is 7.97. The summed E-state index contributed by atoms with van der Waals surface area (Å²) < 4.78 is 1.95. The van der Waals surface area contributed by atoms with Crippen molar-refractivity contribution in [3.63, 3.8) is 0 Å². The number of nitrogens with zero attached hydrogens (tertiary/aromatic N) is 3. The molecule has 0 unspecified atom stereocenters. The Morgan fingerprint density at radius 3 is 2.73 bits per heavy atom. The van der Waals surface area contributed by atoms with Gasteiger partial charge < -0.3 is 5.32 Å². The van der Waals surface area contributed by atoms with Crippen molar-refractivity contribution in [3.8, 4) is 0 Å². The van der Waals surface area contributed by atoms with E-state index in [0.717, 1.165) is 17.5 Å². The molecule has 62 valence electrons. The number of thioether (sulfide) groups is 1. The molecular weight excluding hydrogens is 160 g/mol. The molecule has 11 heavy (non-hydrogen) atoms. The van der Waals surface area contributed by atoms with Crippen molar-refractivity contribution in [1.82, 2.24) is 14.8 Å². The predicted octanol–water partition coefficient (Wildman–Crippen LogP) is 0.720. The highest BCUT2D eigenvalue weighted by Gasteiger charge is 2.04. The van der Waals surface area contributed by atoms with Crippen LogP contribution in [0.15, 0.2) is 0 Å². The summed E-state index contributed by atoms with van der Waals surface area (Å²) in [5.74, 6) is 2.72. The van der Waals surface area contributed by atoms with Gasteiger partial charge in [0.15, 0.2) is 0 Å². The molecule has 0 amide bonds. The molecule has 5 heteroatoms. The molecule has 1 aromatic heterocycles. The summed E-state index contributed by atoms with van der Waals surface area (Å²) in [6.07, 6.45) is 2.05. The van der Waals surface area contributed by atoms with Crippen LogP contribution in [-0.2, 0) is 12.8 Å². The number of hydrogen-bond donors (Lipinski definition) is 1. The quantitative estimate of drug-likeness (QED) is 0.729. The lowest BCUT2D eigenvalue weighted by molar-refractivity contribution is 0.854. The van der Waals surface area contributed by atoms with Crippen molar-refractivity contribution in [2.75, 3.05) is 18.6 Å². The molecule has 0 fully saturated rings. The summed E-state index contributed by atoms with van der Waals surface area (Å²) in [6.45, 7) is 0. The predicted molar refractivity (Wildman–Crippen MR) is 47.8 cm³/mol. The Kier molecular flexibility index (Phi) is 2.76. The molecule has 0 radical (unpaired) electrons. The van der Waals surface area contributed by atoms with E-state index in [0.29, 0.717) is 0 Å². The second kappa shape index (κ2) is 3.61. The number of aromatic nitrogens is 3. The maximum absolute atomic E-state index is 4.01. The monoisotopic (exact) mass is 172 g/mol. The van der Waals surface area contributed by atoms with E-state index in [1.165, 1.54) is 0 Å². The first-order valence-corrected chi connectivity index (χ1v) is 4.74. The Hall–Kier alpha value is -0.710. The van der Waals surface area contributed by atoms with Crippen LogP contribution >= 0.6 is 11.8 Å². The van der Waals surface area contributed by atoms with Crippen molar-refractivity contribution in [3.05, 3.63) is 5.82 Å². The van der Waals surface area contributed by atoms with Crippen LogP contribution in [-0.4, -0.2) is 28.1 Å². The van der Waals surface area contributed by atoms with E-state index in [1.54, 1.807) is 11.8 Å². The van der Waals surface area contributed by atoms with Crippen LogP contribution in [0.2, 0.25) is 0 Å². The standard InChI is InChI=1S/C6H12N4S/c1-7-6-9-8-5(4-11-3)10(6)2/h4H2,1-3H3,(H,7,9). The van der Waals surface area contributed by atoms with E-state index in [9.17, 15) is 0 Å².